The van der Waals surface area contributed by atoms with E-state index in [4.69, 9.17) is 9.47 Å². The molecular weight excluding hydrogens is 557 g/mol. The van der Waals surface area contributed by atoms with Crippen molar-refractivity contribution in [1.82, 2.24) is 4.90 Å². The first-order valence-electron chi connectivity index (χ1n) is 11.4. The molecule has 4 aromatic rings. The van der Waals surface area contributed by atoms with Crippen molar-refractivity contribution in [2.45, 2.75) is 13.2 Å². The molecule has 1 heterocycles. The van der Waals surface area contributed by atoms with Crippen molar-refractivity contribution in [1.29, 1.82) is 0 Å². The van der Waals surface area contributed by atoms with Gasteiger partial charge in [0.1, 0.15) is 12.4 Å². The quantitative estimate of drug-likeness (QED) is 0.212. The van der Waals surface area contributed by atoms with Gasteiger partial charge in [-0.15, -0.1) is 0 Å². The van der Waals surface area contributed by atoms with E-state index in [0.29, 0.717) is 32.0 Å². The van der Waals surface area contributed by atoms with E-state index in [1.807, 2.05) is 42.5 Å². The van der Waals surface area contributed by atoms with Gasteiger partial charge in [-0.25, -0.2) is 4.39 Å². The largest absolute Gasteiger partial charge is 0.493 e. The third kappa shape index (κ3) is 5.40. The monoisotopic (exact) mass is 577 g/mol. The number of nitrogens with zero attached hydrogens (tertiary/aromatic N) is 1. The van der Waals surface area contributed by atoms with Gasteiger partial charge in [-0.1, -0.05) is 54.6 Å². The fraction of sp³-hybridized carbons (Fsp3) is 0.103. The molecule has 5 nitrogen and oxygen atoms in total. The maximum atomic E-state index is 14.0. The van der Waals surface area contributed by atoms with E-state index >= 15 is 0 Å². The molecule has 0 radical (unpaired) electrons. The van der Waals surface area contributed by atoms with Crippen LogP contribution in [0.1, 0.15) is 16.7 Å². The predicted octanol–water partition coefficient (Wildman–Crippen LogP) is 7.57. The summed E-state index contributed by atoms with van der Waals surface area (Å²) in [5.74, 6) is 0.117. The second-order valence-electron chi connectivity index (χ2n) is 8.36. The second-order valence-corrected chi connectivity index (χ2v) is 10.2. The zero-order valence-corrected chi connectivity index (χ0v) is 22.1. The Balaban J connectivity index is 1.35. The molecule has 0 atom stereocenters. The molecule has 2 amide bonds. The smallest absolute Gasteiger partial charge is 0.293 e. The molecule has 0 aliphatic carbocycles. The van der Waals surface area contributed by atoms with Crippen molar-refractivity contribution < 1.29 is 23.5 Å². The molecular formula is C29H21BrFNO4S. The van der Waals surface area contributed by atoms with E-state index in [9.17, 15) is 14.0 Å². The predicted molar refractivity (Wildman–Crippen MR) is 147 cm³/mol. The SMILES string of the molecule is COc1cc(/C=C2\SC(=O)N(Cc3ccc4ccccc4c3)C2=O)cc(Br)c1OCc1ccccc1F. The summed E-state index contributed by atoms with van der Waals surface area (Å²) in [6.07, 6.45) is 1.65. The normalized spacial score (nSPS) is 14.6. The third-order valence-electron chi connectivity index (χ3n) is 5.91. The number of hydrogen-bond donors (Lipinski definition) is 0. The van der Waals surface area contributed by atoms with Crippen LogP contribution in [-0.4, -0.2) is 23.2 Å². The molecule has 0 aromatic heterocycles. The van der Waals surface area contributed by atoms with Crippen LogP contribution in [0.25, 0.3) is 16.8 Å². The lowest BCUT2D eigenvalue weighted by Gasteiger charge is -2.14. The molecule has 37 heavy (non-hydrogen) atoms. The molecule has 8 heteroatoms. The summed E-state index contributed by atoms with van der Waals surface area (Å²) in [4.78, 5) is 27.4. The Hall–Kier alpha value is -3.62. The number of thioether (sulfide) groups is 1. The van der Waals surface area contributed by atoms with Gasteiger partial charge in [0, 0.05) is 5.56 Å². The number of amides is 2. The van der Waals surface area contributed by atoms with Crippen LogP contribution in [0.3, 0.4) is 0 Å². The van der Waals surface area contributed by atoms with Gasteiger partial charge in [0.15, 0.2) is 11.5 Å². The summed E-state index contributed by atoms with van der Waals surface area (Å²) in [7, 11) is 1.50. The van der Waals surface area contributed by atoms with Gasteiger partial charge in [0.05, 0.1) is 23.0 Å². The standard InChI is InChI=1S/C29H21BrFNO4S/c1-35-25-14-19(13-23(30)27(25)36-17-22-8-4-5-9-24(22)31)15-26-28(33)32(29(34)37-26)16-18-10-11-20-6-2-3-7-21(20)12-18/h2-15H,16-17H2,1H3/b26-15-. The van der Waals surface area contributed by atoms with Crippen LogP contribution in [0.4, 0.5) is 9.18 Å². The highest BCUT2D eigenvalue weighted by Gasteiger charge is 2.35. The highest BCUT2D eigenvalue weighted by atomic mass is 79.9. The topological polar surface area (TPSA) is 55.8 Å². The minimum Gasteiger partial charge on any atom is -0.493 e. The molecule has 0 N–H and O–H groups in total. The average molecular weight is 578 g/mol. The molecule has 0 spiro atoms. The maximum Gasteiger partial charge on any atom is 0.293 e. The van der Waals surface area contributed by atoms with Crippen molar-refractivity contribution >= 4 is 55.7 Å². The summed E-state index contributed by atoms with van der Waals surface area (Å²) >= 11 is 4.39. The van der Waals surface area contributed by atoms with Crippen LogP contribution in [-0.2, 0) is 17.9 Å². The van der Waals surface area contributed by atoms with Gasteiger partial charge >= 0.3 is 0 Å². The van der Waals surface area contributed by atoms with Gasteiger partial charge in [0.25, 0.3) is 11.1 Å². The average Bonchev–Trinajstić information content (AvgIpc) is 3.15. The molecule has 0 bridgehead atoms. The molecule has 5 rings (SSSR count). The summed E-state index contributed by atoms with van der Waals surface area (Å²) in [5.41, 5.74) is 1.95. The maximum absolute atomic E-state index is 14.0. The molecule has 0 unspecified atom stereocenters. The van der Waals surface area contributed by atoms with E-state index in [-0.39, 0.29) is 30.1 Å². The van der Waals surface area contributed by atoms with E-state index < -0.39 is 0 Å². The molecule has 1 aliphatic rings. The van der Waals surface area contributed by atoms with Gasteiger partial charge in [-0.3, -0.25) is 14.5 Å². The number of carbonyl (C=O) groups excluding carboxylic acids is 2. The van der Waals surface area contributed by atoms with Crippen molar-refractivity contribution in [2.24, 2.45) is 0 Å². The summed E-state index contributed by atoms with van der Waals surface area (Å²) < 4.78 is 25.9. The van der Waals surface area contributed by atoms with Gasteiger partial charge in [-0.2, -0.15) is 0 Å². The minimum atomic E-state index is -0.353. The van der Waals surface area contributed by atoms with Crippen LogP contribution in [0.15, 0.2) is 88.2 Å². The molecule has 1 fully saturated rings. The molecule has 1 saturated heterocycles. The lowest BCUT2D eigenvalue weighted by molar-refractivity contribution is -0.123. The molecule has 186 valence electrons. The zero-order chi connectivity index (χ0) is 25.9. The first-order valence-corrected chi connectivity index (χ1v) is 13.0. The molecule has 4 aromatic carbocycles. The first-order chi connectivity index (χ1) is 17.9. The number of benzene rings is 4. The number of imide groups is 1. The van der Waals surface area contributed by atoms with Gasteiger partial charge < -0.3 is 9.47 Å². The van der Waals surface area contributed by atoms with Crippen molar-refractivity contribution in [3.63, 3.8) is 0 Å². The Labute approximate surface area is 226 Å². The lowest BCUT2D eigenvalue weighted by atomic mass is 10.1. The highest BCUT2D eigenvalue weighted by Crippen LogP contribution is 2.40. The fourth-order valence-electron chi connectivity index (χ4n) is 4.04. The van der Waals surface area contributed by atoms with E-state index in [1.54, 1.807) is 36.4 Å². The van der Waals surface area contributed by atoms with Crippen LogP contribution in [0, 0.1) is 5.82 Å². The second kappa shape index (κ2) is 10.8. The number of methoxy groups -OCH3 is 1. The number of halogens is 2. The number of carbonyl (C=O) groups is 2. The van der Waals surface area contributed by atoms with Crippen LogP contribution in [0.2, 0.25) is 0 Å². The summed E-state index contributed by atoms with van der Waals surface area (Å²) in [6, 6.07) is 23.7. The summed E-state index contributed by atoms with van der Waals surface area (Å²) in [6.45, 7) is 0.220. The number of rotatable bonds is 7. The first kappa shape index (κ1) is 25.0. The Morgan fingerprint density at radius 2 is 1.73 bits per heavy atom. The van der Waals surface area contributed by atoms with Crippen LogP contribution >= 0.6 is 27.7 Å². The number of fused-ring (bicyclic) bond motifs is 1. The number of ether oxygens (including phenoxy) is 2. The molecule has 1 aliphatic heterocycles. The van der Waals surface area contributed by atoms with E-state index in [1.165, 1.54) is 18.1 Å². The zero-order valence-electron chi connectivity index (χ0n) is 19.7. The van der Waals surface area contributed by atoms with Gasteiger partial charge in [-0.05, 0) is 79.9 Å². The highest BCUT2D eigenvalue weighted by molar-refractivity contribution is 9.10. The Morgan fingerprint density at radius 1 is 0.973 bits per heavy atom. The van der Waals surface area contributed by atoms with E-state index in [0.717, 1.165) is 28.1 Å². The minimum absolute atomic E-state index is 0.0225. The molecule has 0 saturated carbocycles. The third-order valence-corrected chi connectivity index (χ3v) is 7.40. The summed E-state index contributed by atoms with van der Waals surface area (Å²) in [5, 5.41) is 1.83. The van der Waals surface area contributed by atoms with Crippen molar-refractivity contribution in [3.8, 4) is 11.5 Å². The lowest BCUT2D eigenvalue weighted by Crippen LogP contribution is -2.27. The van der Waals surface area contributed by atoms with E-state index in [2.05, 4.69) is 15.9 Å². The van der Waals surface area contributed by atoms with Gasteiger partial charge in [0.2, 0.25) is 0 Å². The van der Waals surface area contributed by atoms with Crippen molar-refractivity contribution in [2.75, 3.05) is 7.11 Å². The Bertz CT molecular complexity index is 1550. The Kier molecular flexibility index (Phi) is 7.30. The van der Waals surface area contributed by atoms with Crippen LogP contribution in [0.5, 0.6) is 11.5 Å². The van der Waals surface area contributed by atoms with Crippen LogP contribution < -0.4 is 9.47 Å². The number of hydrogen-bond acceptors (Lipinski definition) is 5. The fourth-order valence-corrected chi connectivity index (χ4v) is 5.45. The van der Waals surface area contributed by atoms with Crippen molar-refractivity contribution in [3.05, 3.63) is 111 Å². The Morgan fingerprint density at radius 3 is 2.51 bits per heavy atom.